The predicted octanol–water partition coefficient (Wildman–Crippen LogP) is -1.06. The molecule has 0 aromatic heterocycles. The van der Waals surface area contributed by atoms with Crippen molar-refractivity contribution in [2.45, 2.75) is 0 Å². The van der Waals surface area contributed by atoms with E-state index in [1.54, 1.807) is 0 Å². The molecule has 2 N–H and O–H groups in total. The van der Waals surface area contributed by atoms with E-state index in [2.05, 4.69) is 10.9 Å². The Morgan fingerprint density at radius 3 is 2.00 bits per heavy atom. The van der Waals surface area contributed by atoms with Crippen molar-refractivity contribution >= 4 is 0 Å². The van der Waals surface area contributed by atoms with Crippen LogP contribution >= 0.6 is 0 Å². The lowest BCUT2D eigenvalue weighted by atomic mass is 10.7. The van der Waals surface area contributed by atoms with Crippen LogP contribution in [0.2, 0.25) is 0 Å². The van der Waals surface area contributed by atoms with Gasteiger partial charge >= 0.3 is 0 Å². The van der Waals surface area contributed by atoms with Gasteiger partial charge < -0.3 is 0 Å². The summed E-state index contributed by atoms with van der Waals surface area (Å²) in [5.74, 6) is 0. The maximum absolute atomic E-state index is 3.04. The number of hydrogen-bond donors (Lipinski definition) is 2. The summed E-state index contributed by atoms with van der Waals surface area (Å²) in [5, 5.41) is 1.86. The molecule has 1 rings (SSSR count). The number of nitrogens with one attached hydrogen (secondary N) is 2. The van der Waals surface area contributed by atoms with Gasteiger partial charge in [0.1, 0.15) is 0 Å². The van der Waals surface area contributed by atoms with Crippen LogP contribution in [0.3, 0.4) is 0 Å². The molecular weight excluding hydrogens is 78.1 g/mol. The Labute approximate surface area is 37.3 Å². The van der Waals surface area contributed by atoms with Gasteiger partial charge in [-0.05, 0) is 0 Å². The van der Waals surface area contributed by atoms with Gasteiger partial charge in [-0.1, -0.05) is 0 Å². The Morgan fingerprint density at radius 1 is 1.33 bits per heavy atom. The molecule has 0 aromatic carbocycles. The third-order valence-electron chi connectivity index (χ3n) is 0.823. The molecule has 6 heavy (non-hydrogen) atoms. The van der Waals surface area contributed by atoms with Crippen molar-refractivity contribution in [2.24, 2.45) is 0 Å². The fourth-order valence-electron chi connectivity index (χ4n) is 0.503. The summed E-state index contributed by atoms with van der Waals surface area (Å²) in [6.07, 6.45) is 0. The van der Waals surface area contributed by atoms with Crippen LogP contribution in [0.15, 0.2) is 0 Å². The summed E-state index contributed by atoms with van der Waals surface area (Å²) in [7, 11) is 1.95. The van der Waals surface area contributed by atoms with Crippen LogP contribution in [0.1, 0.15) is 0 Å². The molecule has 1 fully saturated rings. The molecular formula is C3H9N3. The molecule has 1 saturated heterocycles. The molecule has 0 aliphatic carbocycles. The molecule has 1 aliphatic heterocycles. The monoisotopic (exact) mass is 87.1 g/mol. The average molecular weight is 87.1 g/mol. The minimum absolute atomic E-state index is 1.05. The molecule has 0 unspecified atom stereocenters. The Morgan fingerprint density at radius 2 is 1.83 bits per heavy atom. The first-order chi connectivity index (χ1) is 2.89. The van der Waals surface area contributed by atoms with Crippen LogP contribution in [-0.4, -0.2) is 25.3 Å². The zero-order valence-corrected chi connectivity index (χ0v) is 3.86. The largest absolute Gasteiger partial charge is 0.240 e. The fourth-order valence-corrected chi connectivity index (χ4v) is 0.503. The van der Waals surface area contributed by atoms with E-state index in [4.69, 9.17) is 0 Å². The SMILES string of the molecule is CN1NCCN1. The van der Waals surface area contributed by atoms with E-state index in [1.165, 1.54) is 0 Å². The zero-order valence-electron chi connectivity index (χ0n) is 3.86. The predicted molar refractivity (Wildman–Crippen MR) is 23.8 cm³/mol. The van der Waals surface area contributed by atoms with Gasteiger partial charge in [0.05, 0.1) is 0 Å². The Bertz CT molecular complexity index is 39.3. The molecule has 0 aromatic rings. The summed E-state index contributed by atoms with van der Waals surface area (Å²) in [5.41, 5.74) is 6.08. The first-order valence-electron chi connectivity index (χ1n) is 2.10. The highest BCUT2D eigenvalue weighted by atomic mass is 15.7. The van der Waals surface area contributed by atoms with Gasteiger partial charge in [0, 0.05) is 20.1 Å². The van der Waals surface area contributed by atoms with E-state index in [0.29, 0.717) is 0 Å². The van der Waals surface area contributed by atoms with Gasteiger partial charge in [0.25, 0.3) is 0 Å². The summed E-state index contributed by atoms with van der Waals surface area (Å²) >= 11 is 0. The highest BCUT2D eigenvalue weighted by Gasteiger charge is 1.99. The summed E-state index contributed by atoms with van der Waals surface area (Å²) in [6.45, 7) is 2.10. The van der Waals surface area contributed by atoms with Crippen molar-refractivity contribution < 1.29 is 0 Å². The molecule has 3 nitrogen and oxygen atoms in total. The van der Waals surface area contributed by atoms with E-state index in [0.717, 1.165) is 13.1 Å². The Kier molecular flexibility index (Phi) is 1.05. The van der Waals surface area contributed by atoms with Gasteiger partial charge in [-0.2, -0.15) is 5.12 Å². The third-order valence-corrected chi connectivity index (χ3v) is 0.823. The zero-order chi connectivity index (χ0) is 4.41. The molecule has 1 aliphatic rings. The second-order valence-electron chi connectivity index (χ2n) is 1.38. The summed E-state index contributed by atoms with van der Waals surface area (Å²) in [6, 6.07) is 0. The number of nitrogens with zero attached hydrogens (tertiary/aromatic N) is 1. The van der Waals surface area contributed by atoms with Crippen molar-refractivity contribution in [3.63, 3.8) is 0 Å². The Balaban J connectivity index is 2.18. The third kappa shape index (κ3) is 0.680. The minimum Gasteiger partial charge on any atom is -0.240 e. The molecule has 0 saturated carbocycles. The molecule has 0 atom stereocenters. The highest BCUT2D eigenvalue weighted by Crippen LogP contribution is 1.71. The first-order valence-corrected chi connectivity index (χ1v) is 2.10. The molecule has 0 amide bonds. The summed E-state index contributed by atoms with van der Waals surface area (Å²) < 4.78 is 0. The first kappa shape index (κ1) is 4.05. The van der Waals surface area contributed by atoms with E-state index in [1.807, 2.05) is 12.2 Å². The van der Waals surface area contributed by atoms with Crippen LogP contribution in [-0.2, 0) is 0 Å². The number of hydrogen-bond acceptors (Lipinski definition) is 3. The molecule has 0 spiro atoms. The van der Waals surface area contributed by atoms with E-state index < -0.39 is 0 Å². The average Bonchev–Trinajstić information content (AvgIpc) is 1.86. The van der Waals surface area contributed by atoms with Crippen molar-refractivity contribution in [2.75, 3.05) is 20.1 Å². The lowest BCUT2D eigenvalue weighted by Crippen LogP contribution is -2.33. The lowest BCUT2D eigenvalue weighted by Gasteiger charge is -2.03. The van der Waals surface area contributed by atoms with Crippen LogP contribution in [0.5, 0.6) is 0 Å². The van der Waals surface area contributed by atoms with E-state index in [9.17, 15) is 0 Å². The normalized spacial score (nSPS) is 25.5. The standard InChI is InChI=1S/C3H9N3/c1-6-4-2-3-5-6/h4-5H,2-3H2,1H3. The maximum atomic E-state index is 3.04. The second kappa shape index (κ2) is 1.55. The van der Waals surface area contributed by atoms with E-state index >= 15 is 0 Å². The smallest absolute Gasteiger partial charge is 0.0255 e. The topological polar surface area (TPSA) is 27.3 Å². The minimum atomic E-state index is 1.05. The van der Waals surface area contributed by atoms with Crippen molar-refractivity contribution in [3.05, 3.63) is 0 Å². The van der Waals surface area contributed by atoms with Crippen LogP contribution in [0.25, 0.3) is 0 Å². The maximum Gasteiger partial charge on any atom is 0.0255 e. The molecule has 1 heterocycles. The van der Waals surface area contributed by atoms with Gasteiger partial charge in [-0.25, -0.2) is 10.9 Å². The second-order valence-corrected chi connectivity index (χ2v) is 1.38. The fraction of sp³-hybridized carbons (Fsp3) is 1.00. The van der Waals surface area contributed by atoms with Gasteiger partial charge in [0.15, 0.2) is 0 Å². The quantitative estimate of drug-likeness (QED) is 0.394. The summed E-state index contributed by atoms with van der Waals surface area (Å²) in [4.78, 5) is 0. The molecule has 0 radical (unpaired) electrons. The number of hydrazine groups is 2. The molecule has 0 bridgehead atoms. The van der Waals surface area contributed by atoms with Crippen molar-refractivity contribution in [1.29, 1.82) is 0 Å². The molecule has 3 heteroatoms. The van der Waals surface area contributed by atoms with Gasteiger partial charge in [0.2, 0.25) is 0 Å². The molecule has 36 valence electrons. The Hall–Kier alpha value is -0.120. The van der Waals surface area contributed by atoms with Crippen molar-refractivity contribution in [1.82, 2.24) is 16.0 Å². The van der Waals surface area contributed by atoms with Crippen LogP contribution in [0, 0.1) is 0 Å². The highest BCUT2D eigenvalue weighted by molar-refractivity contribution is 4.49. The van der Waals surface area contributed by atoms with Gasteiger partial charge in [-0.15, -0.1) is 0 Å². The van der Waals surface area contributed by atoms with Crippen LogP contribution < -0.4 is 10.9 Å². The van der Waals surface area contributed by atoms with Crippen LogP contribution in [0.4, 0.5) is 0 Å². The van der Waals surface area contributed by atoms with Gasteiger partial charge in [-0.3, -0.25) is 0 Å². The number of rotatable bonds is 0. The van der Waals surface area contributed by atoms with E-state index in [-0.39, 0.29) is 0 Å². The lowest BCUT2D eigenvalue weighted by molar-refractivity contribution is 0.235. The van der Waals surface area contributed by atoms with Crippen molar-refractivity contribution in [3.8, 4) is 0 Å².